The van der Waals surface area contributed by atoms with Crippen molar-refractivity contribution in [3.8, 4) is 0 Å². The van der Waals surface area contributed by atoms with Crippen LogP contribution in [0.4, 0.5) is 0 Å². The Balaban J connectivity index is 2.14. The fraction of sp³-hybridized carbons (Fsp3) is 0.444. The summed E-state index contributed by atoms with van der Waals surface area (Å²) in [6.07, 6.45) is 2.04. The van der Waals surface area contributed by atoms with E-state index in [1.54, 1.807) is 4.90 Å². The summed E-state index contributed by atoms with van der Waals surface area (Å²) >= 11 is 1.49. The Hall–Kier alpha value is -1.75. The van der Waals surface area contributed by atoms with Crippen molar-refractivity contribution in [1.82, 2.24) is 9.80 Å². The lowest BCUT2D eigenvalue weighted by Gasteiger charge is -2.30. The number of benzene rings is 1. The van der Waals surface area contributed by atoms with Crippen LogP contribution in [-0.2, 0) is 9.59 Å². The summed E-state index contributed by atoms with van der Waals surface area (Å²) in [5, 5.41) is 1.98. The highest BCUT2D eigenvalue weighted by molar-refractivity contribution is 8.03. The molecule has 2 amide bonds. The second-order valence-corrected chi connectivity index (χ2v) is 6.34. The van der Waals surface area contributed by atoms with Gasteiger partial charge in [0.1, 0.15) is 6.54 Å². The summed E-state index contributed by atoms with van der Waals surface area (Å²) in [7, 11) is 0. The average Bonchev–Trinajstić information content (AvgIpc) is 2.58. The molecule has 0 aliphatic carbocycles. The number of hydrogen-bond acceptors (Lipinski definition) is 3. The van der Waals surface area contributed by atoms with Crippen molar-refractivity contribution in [3.05, 3.63) is 41.3 Å². The number of nitrogens with zero attached hydrogens (tertiary/aromatic N) is 2. The molecular formula is C18H24N2O2S. The predicted octanol–water partition coefficient (Wildman–Crippen LogP) is 3.21. The number of unbranched alkanes of at least 4 members (excludes halogenated alkanes) is 1. The molecule has 23 heavy (non-hydrogen) atoms. The van der Waals surface area contributed by atoms with E-state index in [1.807, 2.05) is 47.6 Å². The number of carbonyl (C=O) groups is 2. The molecule has 0 spiro atoms. The maximum Gasteiger partial charge on any atom is 0.242 e. The Bertz CT molecular complexity index is 572. The Morgan fingerprint density at radius 2 is 2.00 bits per heavy atom. The van der Waals surface area contributed by atoms with E-state index in [0.29, 0.717) is 12.3 Å². The lowest BCUT2D eigenvalue weighted by Crippen LogP contribution is -2.43. The number of carbonyl (C=O) groups excluding carboxylic acids is 2. The fourth-order valence-corrected chi connectivity index (χ4v) is 3.32. The molecule has 0 N–H and O–H groups in total. The smallest absolute Gasteiger partial charge is 0.242 e. The summed E-state index contributed by atoms with van der Waals surface area (Å²) in [6.45, 7) is 5.65. The fourth-order valence-electron chi connectivity index (χ4n) is 2.52. The first-order valence-corrected chi connectivity index (χ1v) is 9.17. The van der Waals surface area contributed by atoms with Crippen LogP contribution in [0.15, 0.2) is 35.7 Å². The van der Waals surface area contributed by atoms with Crippen molar-refractivity contribution >= 4 is 29.3 Å². The lowest BCUT2D eigenvalue weighted by atomic mass is 10.1. The topological polar surface area (TPSA) is 40.6 Å². The van der Waals surface area contributed by atoms with Gasteiger partial charge in [0, 0.05) is 13.1 Å². The number of thioether (sulfide) groups is 1. The van der Waals surface area contributed by atoms with Gasteiger partial charge in [-0.15, -0.1) is 11.8 Å². The SMILES string of the molecule is CCCCN(CC)C(=O)CN1C(=O)CSC=C1c1ccccc1. The van der Waals surface area contributed by atoms with E-state index in [9.17, 15) is 9.59 Å². The second-order valence-electron chi connectivity index (χ2n) is 5.49. The van der Waals surface area contributed by atoms with Gasteiger partial charge >= 0.3 is 0 Å². The average molecular weight is 332 g/mol. The van der Waals surface area contributed by atoms with Crippen LogP contribution in [0.3, 0.4) is 0 Å². The summed E-state index contributed by atoms with van der Waals surface area (Å²) in [6, 6.07) is 9.77. The van der Waals surface area contributed by atoms with Crippen LogP contribution in [-0.4, -0.2) is 47.0 Å². The molecule has 2 rings (SSSR count). The number of amides is 2. The summed E-state index contributed by atoms with van der Waals surface area (Å²) < 4.78 is 0. The maximum absolute atomic E-state index is 12.6. The van der Waals surface area contributed by atoms with Crippen LogP contribution in [0.2, 0.25) is 0 Å². The van der Waals surface area contributed by atoms with Crippen molar-refractivity contribution < 1.29 is 9.59 Å². The van der Waals surface area contributed by atoms with Gasteiger partial charge in [-0.3, -0.25) is 9.59 Å². The van der Waals surface area contributed by atoms with Gasteiger partial charge in [-0.2, -0.15) is 0 Å². The molecular weight excluding hydrogens is 308 g/mol. The van der Waals surface area contributed by atoms with Crippen LogP contribution in [0.25, 0.3) is 5.70 Å². The van der Waals surface area contributed by atoms with E-state index >= 15 is 0 Å². The van der Waals surface area contributed by atoms with Gasteiger partial charge in [-0.05, 0) is 24.3 Å². The minimum Gasteiger partial charge on any atom is -0.341 e. The Kier molecular flexibility index (Phi) is 6.71. The minimum atomic E-state index is -0.00347. The first-order valence-electron chi connectivity index (χ1n) is 8.12. The molecule has 0 bridgehead atoms. The molecule has 0 saturated heterocycles. The Labute approximate surface area is 142 Å². The van der Waals surface area contributed by atoms with Gasteiger partial charge in [0.15, 0.2) is 0 Å². The molecule has 1 heterocycles. The van der Waals surface area contributed by atoms with Crippen LogP contribution in [0.1, 0.15) is 32.3 Å². The van der Waals surface area contributed by atoms with Crippen molar-refractivity contribution in [2.24, 2.45) is 0 Å². The van der Waals surface area contributed by atoms with Crippen molar-refractivity contribution in [2.75, 3.05) is 25.4 Å². The van der Waals surface area contributed by atoms with Gasteiger partial charge < -0.3 is 9.80 Å². The van der Waals surface area contributed by atoms with E-state index in [0.717, 1.165) is 30.6 Å². The van der Waals surface area contributed by atoms with Crippen LogP contribution in [0.5, 0.6) is 0 Å². The summed E-state index contributed by atoms with van der Waals surface area (Å²) in [4.78, 5) is 28.4. The second kappa shape index (κ2) is 8.77. The maximum atomic E-state index is 12.6. The van der Waals surface area contributed by atoms with Crippen LogP contribution < -0.4 is 0 Å². The molecule has 1 aromatic carbocycles. The zero-order valence-corrected chi connectivity index (χ0v) is 14.6. The van der Waals surface area contributed by atoms with E-state index < -0.39 is 0 Å². The van der Waals surface area contributed by atoms with Gasteiger partial charge in [-0.1, -0.05) is 43.7 Å². The molecule has 1 aliphatic rings. The van der Waals surface area contributed by atoms with Crippen LogP contribution in [0, 0.1) is 0 Å². The third kappa shape index (κ3) is 4.61. The molecule has 124 valence electrons. The zero-order chi connectivity index (χ0) is 16.7. The number of hydrogen-bond donors (Lipinski definition) is 0. The summed E-state index contributed by atoms with van der Waals surface area (Å²) in [5.41, 5.74) is 1.80. The zero-order valence-electron chi connectivity index (χ0n) is 13.8. The van der Waals surface area contributed by atoms with Gasteiger partial charge in [-0.25, -0.2) is 0 Å². The molecule has 0 aromatic heterocycles. The number of likely N-dealkylation sites (N-methyl/N-ethyl adjacent to an activating group) is 1. The van der Waals surface area contributed by atoms with E-state index in [-0.39, 0.29) is 18.4 Å². The van der Waals surface area contributed by atoms with E-state index in [1.165, 1.54) is 11.8 Å². The van der Waals surface area contributed by atoms with E-state index in [4.69, 9.17) is 0 Å². The van der Waals surface area contributed by atoms with Gasteiger partial charge in [0.05, 0.1) is 11.4 Å². The molecule has 0 saturated carbocycles. The Morgan fingerprint density at radius 3 is 2.65 bits per heavy atom. The molecule has 1 aliphatic heterocycles. The van der Waals surface area contributed by atoms with Crippen molar-refractivity contribution in [2.45, 2.75) is 26.7 Å². The number of rotatable bonds is 7. The normalized spacial score (nSPS) is 14.6. The van der Waals surface area contributed by atoms with E-state index in [2.05, 4.69) is 6.92 Å². The summed E-state index contributed by atoms with van der Waals surface area (Å²) in [5.74, 6) is 0.407. The first kappa shape index (κ1) is 17.6. The standard InChI is InChI=1S/C18H24N2O2S/c1-3-5-11-19(4-2)17(21)12-20-16(13-23-14-18(20)22)15-9-7-6-8-10-15/h6-10,13H,3-5,11-12,14H2,1-2H3. The minimum absolute atomic E-state index is 0.00347. The lowest BCUT2D eigenvalue weighted by molar-refractivity contribution is -0.136. The third-order valence-electron chi connectivity index (χ3n) is 3.87. The highest BCUT2D eigenvalue weighted by Crippen LogP contribution is 2.28. The molecule has 0 unspecified atom stereocenters. The monoisotopic (exact) mass is 332 g/mol. The highest BCUT2D eigenvalue weighted by atomic mass is 32.2. The largest absolute Gasteiger partial charge is 0.341 e. The van der Waals surface area contributed by atoms with Crippen LogP contribution >= 0.6 is 11.8 Å². The quantitative estimate of drug-likeness (QED) is 0.770. The molecule has 0 radical (unpaired) electrons. The highest BCUT2D eigenvalue weighted by Gasteiger charge is 2.26. The molecule has 5 heteroatoms. The van der Waals surface area contributed by atoms with Crippen molar-refractivity contribution in [1.29, 1.82) is 0 Å². The molecule has 1 aromatic rings. The third-order valence-corrected chi connectivity index (χ3v) is 4.68. The first-order chi connectivity index (χ1) is 11.2. The molecule has 0 fully saturated rings. The Morgan fingerprint density at radius 1 is 1.26 bits per heavy atom. The predicted molar refractivity (Wildman–Crippen MR) is 95.8 cm³/mol. The molecule has 4 nitrogen and oxygen atoms in total. The molecule has 0 atom stereocenters. The van der Waals surface area contributed by atoms with Gasteiger partial charge in [0.25, 0.3) is 0 Å². The van der Waals surface area contributed by atoms with Crippen molar-refractivity contribution in [3.63, 3.8) is 0 Å². The van der Waals surface area contributed by atoms with Gasteiger partial charge in [0.2, 0.25) is 11.8 Å².